The Morgan fingerprint density at radius 3 is 2.90 bits per heavy atom. The van der Waals surface area contributed by atoms with Crippen LogP contribution in [-0.2, 0) is 0 Å². The molecule has 0 amide bonds. The molecule has 0 heterocycles. The maximum Gasteiger partial charge on any atom is 0.120 e. The quantitative estimate of drug-likeness (QED) is 0.746. The molecular formula is C18H25NO2. The summed E-state index contributed by atoms with van der Waals surface area (Å²) in [5, 5.41) is 8.73. The molecule has 0 radical (unpaired) electrons. The average molecular weight is 287 g/mol. The minimum absolute atomic E-state index is 0.109. The Kier molecular flexibility index (Phi) is 6.59. The van der Waals surface area contributed by atoms with Crippen molar-refractivity contribution in [3.63, 3.8) is 0 Å². The van der Waals surface area contributed by atoms with Gasteiger partial charge in [0.05, 0.1) is 6.61 Å². The Bertz CT molecular complexity index is 485. The average Bonchev–Trinajstić information content (AvgIpc) is 3.32. The van der Waals surface area contributed by atoms with Gasteiger partial charge in [-0.15, -0.1) is 0 Å². The largest absolute Gasteiger partial charge is 0.492 e. The van der Waals surface area contributed by atoms with Gasteiger partial charge in [-0.1, -0.05) is 24.8 Å². The first-order valence-corrected chi connectivity index (χ1v) is 7.90. The number of ether oxygens (including phenoxy) is 1. The summed E-state index contributed by atoms with van der Waals surface area (Å²) < 4.78 is 5.85. The lowest BCUT2D eigenvalue weighted by molar-refractivity contribution is 0.202. The van der Waals surface area contributed by atoms with Crippen LogP contribution in [0.15, 0.2) is 24.3 Å². The summed E-state index contributed by atoms with van der Waals surface area (Å²) >= 11 is 0. The number of hydrogen-bond donors (Lipinski definition) is 1. The molecule has 1 aliphatic carbocycles. The maximum absolute atomic E-state index is 8.73. The van der Waals surface area contributed by atoms with Gasteiger partial charge in [0.25, 0.3) is 0 Å². The van der Waals surface area contributed by atoms with Crippen molar-refractivity contribution in [2.75, 3.05) is 26.3 Å². The molecular weight excluding hydrogens is 262 g/mol. The molecule has 0 aromatic heterocycles. The highest BCUT2D eigenvalue weighted by molar-refractivity contribution is 5.39. The molecule has 0 atom stereocenters. The van der Waals surface area contributed by atoms with Gasteiger partial charge < -0.3 is 9.84 Å². The number of aliphatic hydroxyl groups excluding tert-OH is 1. The molecule has 3 heteroatoms. The number of benzene rings is 1. The van der Waals surface area contributed by atoms with E-state index in [0.29, 0.717) is 6.42 Å². The summed E-state index contributed by atoms with van der Waals surface area (Å²) in [4.78, 5) is 2.53. The monoisotopic (exact) mass is 287 g/mol. The third-order valence-electron chi connectivity index (χ3n) is 3.52. The summed E-state index contributed by atoms with van der Waals surface area (Å²) in [6.07, 6.45) is 4.40. The molecule has 1 saturated carbocycles. The van der Waals surface area contributed by atoms with Gasteiger partial charge in [-0.2, -0.15) is 0 Å². The first kappa shape index (κ1) is 15.9. The first-order valence-electron chi connectivity index (χ1n) is 7.90. The van der Waals surface area contributed by atoms with Crippen molar-refractivity contribution in [3.8, 4) is 17.6 Å². The van der Waals surface area contributed by atoms with Crippen LogP contribution in [0.3, 0.4) is 0 Å². The fourth-order valence-corrected chi connectivity index (χ4v) is 2.37. The fraction of sp³-hybridized carbons (Fsp3) is 0.556. The third-order valence-corrected chi connectivity index (χ3v) is 3.52. The molecule has 0 unspecified atom stereocenters. The minimum atomic E-state index is 0.109. The maximum atomic E-state index is 8.73. The Morgan fingerprint density at radius 1 is 1.33 bits per heavy atom. The molecule has 1 aromatic carbocycles. The van der Waals surface area contributed by atoms with E-state index in [-0.39, 0.29) is 6.61 Å². The van der Waals surface area contributed by atoms with E-state index in [9.17, 15) is 0 Å². The Balaban J connectivity index is 1.80. The van der Waals surface area contributed by atoms with Gasteiger partial charge >= 0.3 is 0 Å². The summed E-state index contributed by atoms with van der Waals surface area (Å²) in [6, 6.07) is 8.65. The van der Waals surface area contributed by atoms with E-state index in [0.717, 1.165) is 30.5 Å². The van der Waals surface area contributed by atoms with Crippen LogP contribution in [0.25, 0.3) is 0 Å². The molecule has 0 saturated heterocycles. The zero-order chi connectivity index (χ0) is 14.9. The molecule has 114 valence electrons. The standard InChI is InChI=1S/C18H25NO2/c1-2-11-19(17-9-10-17)12-14-21-18-8-5-7-16(15-18)6-3-4-13-20/h5,7-8,15,17,20H,2,4,9-14H2,1H3. The van der Waals surface area contributed by atoms with Gasteiger partial charge in [-0.05, 0) is 44.0 Å². The van der Waals surface area contributed by atoms with Crippen LogP contribution in [-0.4, -0.2) is 42.4 Å². The van der Waals surface area contributed by atoms with E-state index in [1.807, 2.05) is 24.3 Å². The highest BCUT2D eigenvalue weighted by Gasteiger charge is 2.27. The van der Waals surface area contributed by atoms with Crippen LogP contribution < -0.4 is 4.74 Å². The van der Waals surface area contributed by atoms with Crippen LogP contribution in [0.2, 0.25) is 0 Å². The number of nitrogens with zero attached hydrogens (tertiary/aromatic N) is 1. The van der Waals surface area contributed by atoms with Gasteiger partial charge in [0, 0.05) is 24.6 Å². The van der Waals surface area contributed by atoms with E-state index in [4.69, 9.17) is 9.84 Å². The highest BCUT2D eigenvalue weighted by Crippen LogP contribution is 2.26. The van der Waals surface area contributed by atoms with Crippen molar-refractivity contribution in [1.29, 1.82) is 0 Å². The second-order valence-electron chi connectivity index (χ2n) is 5.42. The lowest BCUT2D eigenvalue weighted by Gasteiger charge is -2.21. The second kappa shape index (κ2) is 8.71. The zero-order valence-corrected chi connectivity index (χ0v) is 12.8. The van der Waals surface area contributed by atoms with E-state index >= 15 is 0 Å². The van der Waals surface area contributed by atoms with Crippen LogP contribution in [0.4, 0.5) is 0 Å². The summed E-state index contributed by atoms with van der Waals surface area (Å²) in [5.41, 5.74) is 0.938. The Labute approximate surface area is 127 Å². The van der Waals surface area contributed by atoms with E-state index < -0.39 is 0 Å². The molecule has 0 spiro atoms. The molecule has 2 rings (SSSR count). The van der Waals surface area contributed by atoms with Crippen LogP contribution >= 0.6 is 0 Å². The van der Waals surface area contributed by atoms with Crippen molar-refractivity contribution in [2.45, 2.75) is 38.6 Å². The Morgan fingerprint density at radius 2 is 2.19 bits per heavy atom. The van der Waals surface area contributed by atoms with Crippen molar-refractivity contribution >= 4 is 0 Å². The molecule has 1 aromatic rings. The zero-order valence-electron chi connectivity index (χ0n) is 12.8. The van der Waals surface area contributed by atoms with Gasteiger partial charge in [0.1, 0.15) is 12.4 Å². The molecule has 0 aliphatic heterocycles. The second-order valence-corrected chi connectivity index (χ2v) is 5.42. The first-order chi connectivity index (χ1) is 10.3. The van der Waals surface area contributed by atoms with E-state index in [1.165, 1.54) is 25.8 Å². The third kappa shape index (κ3) is 5.79. The van der Waals surface area contributed by atoms with Crippen LogP contribution in [0, 0.1) is 11.8 Å². The predicted molar refractivity (Wildman–Crippen MR) is 85.4 cm³/mol. The normalized spacial score (nSPS) is 13.9. The molecule has 1 fully saturated rings. The number of aliphatic hydroxyl groups is 1. The van der Waals surface area contributed by atoms with Crippen LogP contribution in [0.1, 0.15) is 38.2 Å². The van der Waals surface area contributed by atoms with Crippen molar-refractivity contribution < 1.29 is 9.84 Å². The summed E-state index contributed by atoms with van der Waals surface area (Å²) in [5.74, 6) is 6.84. The topological polar surface area (TPSA) is 32.7 Å². The molecule has 1 aliphatic rings. The SMILES string of the molecule is CCCN(CCOc1cccc(C#CCCO)c1)C1CC1. The number of hydrogen-bond acceptors (Lipinski definition) is 3. The smallest absolute Gasteiger partial charge is 0.120 e. The van der Waals surface area contributed by atoms with Crippen molar-refractivity contribution in [1.82, 2.24) is 4.90 Å². The molecule has 3 nitrogen and oxygen atoms in total. The minimum Gasteiger partial charge on any atom is -0.492 e. The number of rotatable bonds is 8. The molecule has 21 heavy (non-hydrogen) atoms. The summed E-state index contributed by atoms with van der Waals surface area (Å²) in [7, 11) is 0. The van der Waals surface area contributed by atoms with Gasteiger partial charge in [-0.25, -0.2) is 0 Å². The highest BCUT2D eigenvalue weighted by atomic mass is 16.5. The van der Waals surface area contributed by atoms with E-state index in [1.54, 1.807) is 0 Å². The lowest BCUT2D eigenvalue weighted by Crippen LogP contribution is -2.31. The van der Waals surface area contributed by atoms with Crippen molar-refractivity contribution in [2.24, 2.45) is 0 Å². The Hall–Kier alpha value is -1.50. The van der Waals surface area contributed by atoms with Gasteiger partial charge in [-0.3, -0.25) is 4.90 Å². The lowest BCUT2D eigenvalue weighted by atomic mass is 10.2. The van der Waals surface area contributed by atoms with Crippen LogP contribution in [0.5, 0.6) is 5.75 Å². The van der Waals surface area contributed by atoms with Crippen molar-refractivity contribution in [3.05, 3.63) is 29.8 Å². The van der Waals surface area contributed by atoms with E-state index in [2.05, 4.69) is 23.7 Å². The molecule has 0 bridgehead atoms. The summed E-state index contributed by atoms with van der Waals surface area (Å²) in [6.45, 7) is 5.23. The van der Waals surface area contributed by atoms with Gasteiger partial charge in [0.2, 0.25) is 0 Å². The van der Waals surface area contributed by atoms with Gasteiger partial charge in [0.15, 0.2) is 0 Å². The fourth-order valence-electron chi connectivity index (χ4n) is 2.37. The molecule has 1 N–H and O–H groups in total. The predicted octanol–water partition coefficient (Wildman–Crippen LogP) is 2.67.